The molecule has 212 valence electrons. The number of hydrogen-bond donors (Lipinski definition) is 1. The van der Waals surface area contributed by atoms with E-state index in [1.165, 1.54) is 66.4 Å². The van der Waals surface area contributed by atoms with Crippen LogP contribution in [0.5, 0.6) is 0 Å². The van der Waals surface area contributed by atoms with Crippen LogP contribution in [-0.2, 0) is 0 Å². The molecule has 8 rings (SSSR count). The third-order valence-corrected chi connectivity index (χ3v) is 8.85. The molecule has 1 heterocycles. The summed E-state index contributed by atoms with van der Waals surface area (Å²) in [5, 5.41) is 15.2. The van der Waals surface area contributed by atoms with Gasteiger partial charge in [-0.05, 0) is 79.9 Å². The van der Waals surface area contributed by atoms with Crippen LogP contribution in [-0.4, -0.2) is 10.8 Å². The molecule has 0 spiro atoms. The summed E-state index contributed by atoms with van der Waals surface area (Å²) < 4.78 is 2.40. The largest absolute Gasteiger partial charge is 0.309 e. The molecule has 0 aliphatic heterocycles. The molecule has 0 aliphatic carbocycles. The van der Waals surface area contributed by atoms with Crippen LogP contribution in [0.4, 0.5) is 0 Å². The van der Waals surface area contributed by atoms with E-state index in [9.17, 15) is 0 Å². The first-order chi connectivity index (χ1) is 22.2. The van der Waals surface area contributed by atoms with Crippen molar-refractivity contribution < 1.29 is 0 Å². The minimum atomic E-state index is 0.840. The Balaban J connectivity index is 1.29. The first-order valence-electron chi connectivity index (χ1n) is 15.2. The summed E-state index contributed by atoms with van der Waals surface area (Å²) in [6, 6.07) is 52.5. The first-order valence-corrected chi connectivity index (χ1v) is 15.2. The predicted molar refractivity (Wildman–Crippen MR) is 194 cm³/mol. The Hall–Kier alpha value is -5.99. The van der Waals surface area contributed by atoms with Crippen LogP contribution in [0.2, 0.25) is 0 Å². The molecule has 0 bridgehead atoms. The fraction of sp³-hybridized carbons (Fsp3) is 0. The second-order valence-corrected chi connectivity index (χ2v) is 11.4. The highest BCUT2D eigenvalue weighted by atomic mass is 15.0. The molecular weight excluding hydrogens is 544 g/mol. The molecule has 0 saturated carbocycles. The lowest BCUT2D eigenvalue weighted by atomic mass is 9.97. The van der Waals surface area contributed by atoms with E-state index in [1.54, 1.807) is 6.08 Å². The van der Waals surface area contributed by atoms with Crippen LogP contribution in [0, 0.1) is 5.41 Å². The van der Waals surface area contributed by atoms with Gasteiger partial charge in [0, 0.05) is 28.1 Å². The van der Waals surface area contributed by atoms with Gasteiger partial charge in [0.1, 0.15) is 0 Å². The van der Waals surface area contributed by atoms with Crippen LogP contribution >= 0.6 is 0 Å². The van der Waals surface area contributed by atoms with E-state index < -0.39 is 0 Å². The van der Waals surface area contributed by atoms with Gasteiger partial charge in [0.2, 0.25) is 0 Å². The summed E-state index contributed by atoms with van der Waals surface area (Å²) in [7, 11) is 0. The maximum Gasteiger partial charge on any atom is 0.0619 e. The fourth-order valence-electron chi connectivity index (χ4n) is 6.62. The lowest BCUT2D eigenvalue weighted by Crippen LogP contribution is -1.94. The van der Waals surface area contributed by atoms with Crippen molar-refractivity contribution in [2.45, 2.75) is 0 Å². The third kappa shape index (κ3) is 4.56. The molecule has 7 aromatic carbocycles. The lowest BCUT2D eigenvalue weighted by Gasteiger charge is -2.11. The number of aromatic nitrogens is 1. The van der Waals surface area contributed by atoms with Gasteiger partial charge >= 0.3 is 0 Å². The van der Waals surface area contributed by atoms with E-state index in [0.717, 1.165) is 22.2 Å². The van der Waals surface area contributed by atoms with Gasteiger partial charge in [0.25, 0.3) is 0 Å². The maximum atomic E-state index is 7.89. The predicted octanol–water partition coefficient (Wildman–Crippen LogP) is 11.6. The zero-order valence-corrected chi connectivity index (χ0v) is 24.7. The highest BCUT2D eigenvalue weighted by molar-refractivity contribution is 6.20. The SMILES string of the molecule is C=C/C=C(\C=N)c1ccc2c(ccc3c4ccc(-c5ccc(-c6ccc7ccccc7c6)cc5)cc4n(-c4ccccc4)c23)c1. The molecule has 0 radical (unpaired) electrons. The van der Waals surface area contributed by atoms with Gasteiger partial charge in [-0.1, -0.05) is 134 Å². The Morgan fingerprint density at radius 3 is 1.91 bits per heavy atom. The van der Waals surface area contributed by atoms with Gasteiger partial charge in [0.05, 0.1) is 11.0 Å². The van der Waals surface area contributed by atoms with Gasteiger partial charge in [-0.3, -0.25) is 0 Å². The summed E-state index contributed by atoms with van der Waals surface area (Å²) in [6.07, 6.45) is 5.00. The number of rotatable bonds is 6. The summed E-state index contributed by atoms with van der Waals surface area (Å²) >= 11 is 0. The average molecular weight is 575 g/mol. The van der Waals surface area contributed by atoms with Gasteiger partial charge in [-0.15, -0.1) is 0 Å². The van der Waals surface area contributed by atoms with E-state index in [2.05, 4.69) is 157 Å². The minimum Gasteiger partial charge on any atom is -0.309 e. The van der Waals surface area contributed by atoms with Crippen LogP contribution in [0.25, 0.3) is 76.9 Å². The normalized spacial score (nSPS) is 11.9. The number of para-hydroxylation sites is 1. The van der Waals surface area contributed by atoms with Gasteiger partial charge in [-0.2, -0.15) is 0 Å². The molecule has 2 heteroatoms. The molecule has 0 aliphatic rings. The quantitative estimate of drug-likeness (QED) is 0.151. The summed E-state index contributed by atoms with van der Waals surface area (Å²) in [4.78, 5) is 0. The van der Waals surface area contributed by atoms with Crippen LogP contribution in [0.1, 0.15) is 5.56 Å². The highest BCUT2D eigenvalue weighted by Gasteiger charge is 2.16. The first kappa shape index (κ1) is 26.6. The molecule has 8 aromatic rings. The molecule has 0 unspecified atom stereocenters. The Kier molecular flexibility index (Phi) is 6.47. The Morgan fingerprint density at radius 1 is 0.533 bits per heavy atom. The van der Waals surface area contributed by atoms with Crippen molar-refractivity contribution in [3.8, 4) is 27.9 Å². The van der Waals surface area contributed by atoms with E-state index in [4.69, 9.17) is 5.41 Å². The van der Waals surface area contributed by atoms with Crippen molar-refractivity contribution in [2.75, 3.05) is 0 Å². The Labute approximate surface area is 262 Å². The molecule has 2 nitrogen and oxygen atoms in total. The molecule has 0 fully saturated rings. The van der Waals surface area contributed by atoms with Crippen molar-refractivity contribution >= 4 is 55.1 Å². The Morgan fingerprint density at radius 2 is 1.16 bits per heavy atom. The molecular formula is C43H30N2. The summed E-state index contributed by atoms with van der Waals surface area (Å²) in [6.45, 7) is 3.82. The summed E-state index contributed by atoms with van der Waals surface area (Å²) in [5.41, 5.74) is 10.2. The molecule has 1 N–H and O–H groups in total. The molecule has 0 saturated heterocycles. The third-order valence-electron chi connectivity index (χ3n) is 8.85. The van der Waals surface area contributed by atoms with Gasteiger partial charge in [-0.25, -0.2) is 0 Å². The maximum absolute atomic E-state index is 7.89. The van der Waals surface area contributed by atoms with Crippen molar-refractivity contribution in [3.05, 3.63) is 170 Å². The smallest absolute Gasteiger partial charge is 0.0619 e. The minimum absolute atomic E-state index is 0.840. The number of benzene rings is 7. The van der Waals surface area contributed by atoms with Crippen molar-refractivity contribution in [1.29, 1.82) is 5.41 Å². The highest BCUT2D eigenvalue weighted by Crippen LogP contribution is 2.39. The molecule has 0 atom stereocenters. The molecule has 45 heavy (non-hydrogen) atoms. The van der Waals surface area contributed by atoms with Gasteiger partial charge < -0.3 is 9.98 Å². The second kappa shape index (κ2) is 10.9. The van der Waals surface area contributed by atoms with E-state index in [0.29, 0.717) is 0 Å². The average Bonchev–Trinajstić information content (AvgIpc) is 3.44. The summed E-state index contributed by atoms with van der Waals surface area (Å²) in [5.74, 6) is 0. The van der Waals surface area contributed by atoms with Crippen LogP contribution < -0.4 is 0 Å². The number of allylic oxidation sites excluding steroid dienone is 3. The molecule has 0 amide bonds. The topological polar surface area (TPSA) is 28.8 Å². The number of nitrogens with one attached hydrogen (secondary N) is 1. The number of nitrogens with zero attached hydrogens (tertiary/aromatic N) is 1. The molecule has 1 aromatic heterocycles. The zero-order chi connectivity index (χ0) is 30.3. The van der Waals surface area contributed by atoms with Gasteiger partial charge in [0.15, 0.2) is 0 Å². The van der Waals surface area contributed by atoms with Crippen molar-refractivity contribution in [1.82, 2.24) is 4.57 Å². The van der Waals surface area contributed by atoms with Crippen LogP contribution in [0.3, 0.4) is 0 Å². The zero-order valence-electron chi connectivity index (χ0n) is 24.7. The Bertz CT molecular complexity index is 2440. The van der Waals surface area contributed by atoms with E-state index >= 15 is 0 Å². The van der Waals surface area contributed by atoms with Crippen molar-refractivity contribution in [3.63, 3.8) is 0 Å². The fourth-order valence-corrected chi connectivity index (χ4v) is 6.62. The monoisotopic (exact) mass is 574 g/mol. The van der Waals surface area contributed by atoms with E-state index in [-0.39, 0.29) is 0 Å². The van der Waals surface area contributed by atoms with E-state index in [1.807, 2.05) is 6.08 Å². The number of fused-ring (bicyclic) bond motifs is 6. The van der Waals surface area contributed by atoms with Crippen LogP contribution in [0.15, 0.2) is 164 Å². The standard InChI is InChI=1S/C43H30N2/c1-2-8-37(28-44)34-19-22-39-36(26-34)21-24-41-40-23-20-35(27-42(40)45(43(39)41)38-11-4-3-5-12-38)31-15-13-30(14-16-31)33-18-17-29-9-6-7-10-32(29)25-33/h2-28,44H,1H2/b37-8+,44-28?. The number of hydrogen-bond acceptors (Lipinski definition) is 1. The second-order valence-electron chi connectivity index (χ2n) is 11.4. The lowest BCUT2D eigenvalue weighted by molar-refractivity contribution is 1.19. The van der Waals surface area contributed by atoms with Crippen molar-refractivity contribution in [2.24, 2.45) is 0 Å².